The van der Waals surface area contributed by atoms with Crippen molar-refractivity contribution in [1.29, 1.82) is 0 Å². The lowest BCUT2D eigenvalue weighted by Gasteiger charge is -2.26. The summed E-state index contributed by atoms with van der Waals surface area (Å²) in [5, 5.41) is 2.97. The predicted molar refractivity (Wildman–Crippen MR) is 83.9 cm³/mol. The van der Waals surface area contributed by atoms with Crippen molar-refractivity contribution in [2.45, 2.75) is 39.3 Å². The Labute approximate surface area is 127 Å². The number of hydrogen-bond acceptors (Lipinski definition) is 3. The molecule has 1 heterocycles. The van der Waals surface area contributed by atoms with Gasteiger partial charge in [-0.1, -0.05) is 37.6 Å². The summed E-state index contributed by atoms with van der Waals surface area (Å²) < 4.78 is 5.36. The summed E-state index contributed by atoms with van der Waals surface area (Å²) in [4.78, 5) is 14.0. The minimum Gasteiger partial charge on any atom is -0.379 e. The van der Waals surface area contributed by atoms with Crippen LogP contribution in [-0.2, 0) is 22.6 Å². The summed E-state index contributed by atoms with van der Waals surface area (Å²) >= 11 is 0. The summed E-state index contributed by atoms with van der Waals surface area (Å²) in [5.41, 5.74) is 2.48. The monoisotopic (exact) mass is 290 g/mol. The molecular weight excluding hydrogens is 264 g/mol. The fraction of sp³-hybridized carbons (Fsp3) is 0.588. The maximum Gasteiger partial charge on any atom is 0.220 e. The van der Waals surface area contributed by atoms with Crippen molar-refractivity contribution in [2.75, 3.05) is 26.3 Å². The van der Waals surface area contributed by atoms with Gasteiger partial charge in [0.05, 0.1) is 13.2 Å². The van der Waals surface area contributed by atoms with Crippen molar-refractivity contribution in [3.05, 3.63) is 35.4 Å². The smallest absolute Gasteiger partial charge is 0.220 e. The van der Waals surface area contributed by atoms with Gasteiger partial charge in [0.1, 0.15) is 0 Å². The number of benzene rings is 1. The second-order valence-electron chi connectivity index (χ2n) is 5.59. The second kappa shape index (κ2) is 8.80. The average Bonchev–Trinajstić information content (AvgIpc) is 2.53. The van der Waals surface area contributed by atoms with E-state index in [1.165, 1.54) is 5.56 Å². The highest BCUT2D eigenvalue weighted by molar-refractivity contribution is 5.75. The molecule has 0 atom stereocenters. The Balaban J connectivity index is 1.74. The SMILES string of the molecule is CCCCC(=O)NCc1ccc(CN2CCOCC2)cc1. The molecule has 2 rings (SSSR count). The topological polar surface area (TPSA) is 41.6 Å². The van der Waals surface area contributed by atoms with E-state index in [0.717, 1.165) is 51.3 Å². The lowest BCUT2D eigenvalue weighted by Crippen LogP contribution is -2.35. The molecule has 1 N–H and O–H groups in total. The highest BCUT2D eigenvalue weighted by atomic mass is 16.5. The van der Waals surface area contributed by atoms with Gasteiger partial charge in [-0.2, -0.15) is 0 Å². The fourth-order valence-electron chi connectivity index (χ4n) is 2.41. The van der Waals surface area contributed by atoms with Gasteiger partial charge in [0, 0.05) is 32.6 Å². The van der Waals surface area contributed by atoms with Gasteiger partial charge in [-0.25, -0.2) is 0 Å². The summed E-state index contributed by atoms with van der Waals surface area (Å²) in [6.07, 6.45) is 2.65. The zero-order chi connectivity index (χ0) is 14.9. The van der Waals surface area contributed by atoms with Crippen molar-refractivity contribution >= 4 is 5.91 Å². The predicted octanol–water partition coefficient (Wildman–Crippen LogP) is 2.33. The first-order valence-electron chi connectivity index (χ1n) is 7.92. The van der Waals surface area contributed by atoms with E-state index < -0.39 is 0 Å². The molecular formula is C17H26N2O2. The van der Waals surface area contributed by atoms with Gasteiger partial charge in [-0.3, -0.25) is 9.69 Å². The summed E-state index contributed by atoms with van der Waals surface area (Å²) in [6.45, 7) is 7.39. The Bertz CT molecular complexity index is 425. The largest absolute Gasteiger partial charge is 0.379 e. The van der Waals surface area contributed by atoms with Crippen LogP contribution in [0.4, 0.5) is 0 Å². The van der Waals surface area contributed by atoms with Gasteiger partial charge in [0.15, 0.2) is 0 Å². The normalized spacial score (nSPS) is 15.9. The first-order valence-corrected chi connectivity index (χ1v) is 7.92. The lowest BCUT2D eigenvalue weighted by atomic mass is 10.1. The van der Waals surface area contributed by atoms with Crippen LogP contribution in [0, 0.1) is 0 Å². The van der Waals surface area contributed by atoms with Crippen LogP contribution in [0.25, 0.3) is 0 Å². The van der Waals surface area contributed by atoms with Crippen molar-refractivity contribution in [3.8, 4) is 0 Å². The molecule has 1 amide bonds. The van der Waals surface area contributed by atoms with Gasteiger partial charge < -0.3 is 10.1 Å². The van der Waals surface area contributed by atoms with E-state index in [1.54, 1.807) is 0 Å². The number of unbranched alkanes of at least 4 members (excludes halogenated alkanes) is 1. The highest BCUT2D eigenvalue weighted by Gasteiger charge is 2.10. The van der Waals surface area contributed by atoms with E-state index in [-0.39, 0.29) is 5.91 Å². The molecule has 21 heavy (non-hydrogen) atoms. The van der Waals surface area contributed by atoms with Crippen LogP contribution in [-0.4, -0.2) is 37.1 Å². The Morgan fingerprint density at radius 3 is 2.52 bits per heavy atom. The number of rotatable bonds is 7. The molecule has 0 radical (unpaired) electrons. The van der Waals surface area contributed by atoms with Gasteiger partial charge in [-0.05, 0) is 17.5 Å². The zero-order valence-corrected chi connectivity index (χ0v) is 12.9. The molecule has 4 heteroatoms. The Morgan fingerprint density at radius 1 is 1.19 bits per heavy atom. The van der Waals surface area contributed by atoms with Gasteiger partial charge in [0.2, 0.25) is 5.91 Å². The van der Waals surface area contributed by atoms with E-state index in [4.69, 9.17) is 4.74 Å². The maximum atomic E-state index is 11.6. The van der Waals surface area contributed by atoms with E-state index in [2.05, 4.69) is 41.4 Å². The summed E-state index contributed by atoms with van der Waals surface area (Å²) in [7, 11) is 0. The summed E-state index contributed by atoms with van der Waals surface area (Å²) in [5.74, 6) is 0.147. The molecule has 1 aromatic rings. The van der Waals surface area contributed by atoms with Crippen molar-refractivity contribution in [3.63, 3.8) is 0 Å². The quantitative estimate of drug-likeness (QED) is 0.838. The minimum absolute atomic E-state index is 0.147. The number of amides is 1. The third-order valence-corrected chi connectivity index (χ3v) is 3.78. The van der Waals surface area contributed by atoms with Crippen molar-refractivity contribution in [2.24, 2.45) is 0 Å². The second-order valence-corrected chi connectivity index (χ2v) is 5.59. The third-order valence-electron chi connectivity index (χ3n) is 3.78. The molecule has 1 aliphatic heterocycles. The molecule has 0 saturated carbocycles. The molecule has 1 saturated heterocycles. The number of nitrogens with zero attached hydrogens (tertiary/aromatic N) is 1. The van der Waals surface area contributed by atoms with E-state index >= 15 is 0 Å². The van der Waals surface area contributed by atoms with Gasteiger partial charge in [-0.15, -0.1) is 0 Å². The van der Waals surface area contributed by atoms with Crippen molar-refractivity contribution in [1.82, 2.24) is 10.2 Å². The molecule has 0 spiro atoms. The van der Waals surface area contributed by atoms with Crippen LogP contribution in [0.3, 0.4) is 0 Å². The first kappa shape index (κ1) is 16.0. The number of morpholine rings is 1. The number of carbonyl (C=O) groups is 1. The first-order chi connectivity index (χ1) is 10.3. The molecule has 1 fully saturated rings. The maximum absolute atomic E-state index is 11.6. The number of ether oxygens (including phenoxy) is 1. The zero-order valence-electron chi connectivity index (χ0n) is 12.9. The Hall–Kier alpha value is -1.39. The van der Waals surface area contributed by atoms with Gasteiger partial charge >= 0.3 is 0 Å². The van der Waals surface area contributed by atoms with Crippen LogP contribution in [0.15, 0.2) is 24.3 Å². The lowest BCUT2D eigenvalue weighted by molar-refractivity contribution is -0.121. The molecule has 0 unspecified atom stereocenters. The fourth-order valence-corrected chi connectivity index (χ4v) is 2.41. The van der Waals surface area contributed by atoms with Gasteiger partial charge in [0.25, 0.3) is 0 Å². The number of nitrogens with one attached hydrogen (secondary N) is 1. The highest BCUT2D eigenvalue weighted by Crippen LogP contribution is 2.09. The molecule has 4 nitrogen and oxygen atoms in total. The van der Waals surface area contributed by atoms with Crippen LogP contribution < -0.4 is 5.32 Å². The van der Waals surface area contributed by atoms with Crippen molar-refractivity contribution < 1.29 is 9.53 Å². The molecule has 1 aromatic carbocycles. The Kier molecular flexibility index (Phi) is 6.70. The third kappa shape index (κ3) is 5.86. The molecule has 0 bridgehead atoms. The average molecular weight is 290 g/mol. The molecule has 116 valence electrons. The molecule has 1 aliphatic rings. The number of carbonyl (C=O) groups excluding carboxylic acids is 1. The molecule has 0 aliphatic carbocycles. The van der Waals surface area contributed by atoms with E-state index in [1.807, 2.05) is 0 Å². The minimum atomic E-state index is 0.147. The summed E-state index contributed by atoms with van der Waals surface area (Å²) in [6, 6.07) is 8.53. The standard InChI is InChI=1S/C17H26N2O2/c1-2-3-4-17(20)18-13-15-5-7-16(8-6-15)14-19-9-11-21-12-10-19/h5-8H,2-4,9-14H2,1H3,(H,18,20). The van der Waals surface area contributed by atoms with Crippen LogP contribution in [0.2, 0.25) is 0 Å². The Morgan fingerprint density at radius 2 is 1.86 bits per heavy atom. The molecule has 0 aromatic heterocycles. The van der Waals surface area contributed by atoms with E-state index in [9.17, 15) is 4.79 Å². The van der Waals surface area contributed by atoms with Crippen LogP contribution in [0.1, 0.15) is 37.3 Å². The van der Waals surface area contributed by atoms with E-state index in [0.29, 0.717) is 13.0 Å². The van der Waals surface area contributed by atoms with Crippen LogP contribution in [0.5, 0.6) is 0 Å². The number of hydrogen-bond donors (Lipinski definition) is 1. The van der Waals surface area contributed by atoms with Crippen LogP contribution >= 0.6 is 0 Å².